The van der Waals surface area contributed by atoms with Gasteiger partial charge in [-0.3, -0.25) is 9.59 Å². The summed E-state index contributed by atoms with van der Waals surface area (Å²) >= 11 is 0. The molecular weight excluding hydrogens is 568 g/mol. The molecule has 2 aromatic carbocycles. The zero-order valence-electron chi connectivity index (χ0n) is 24.5. The Morgan fingerprint density at radius 3 is 2.27 bits per heavy atom. The average molecular weight is 607 g/mol. The Morgan fingerprint density at radius 2 is 1.64 bits per heavy atom. The number of aromatic nitrogens is 2. The van der Waals surface area contributed by atoms with Gasteiger partial charge in [0.15, 0.2) is 0 Å². The van der Waals surface area contributed by atoms with Gasteiger partial charge in [0.1, 0.15) is 24.4 Å². The number of imidazole rings is 1. The average Bonchev–Trinajstić information content (AvgIpc) is 3.49. The van der Waals surface area contributed by atoms with Gasteiger partial charge in [-0.2, -0.15) is 5.10 Å². The Morgan fingerprint density at radius 1 is 0.955 bits per heavy atom. The first kappa shape index (κ1) is 33.1. The van der Waals surface area contributed by atoms with Crippen molar-refractivity contribution >= 4 is 30.2 Å². The largest absolute Gasteiger partial charge is 0.508 e. The highest BCUT2D eigenvalue weighted by Crippen LogP contribution is 2.13. The molecule has 0 saturated carbocycles. The summed E-state index contributed by atoms with van der Waals surface area (Å²) in [6, 6.07) is 11.6. The number of hydrazone groups is 1. The third kappa shape index (κ3) is 11.8. The SMILES string of the molecule is CC(C)C[C@@H](C=NNC(N)=O)NC(=O)[C@H](Cc1cnc[nH]1)NC(=O)[C@H](Cc1ccc(O)cc1)NC(=O)OCc1ccccc1. The van der Waals surface area contributed by atoms with Gasteiger partial charge in [0.2, 0.25) is 11.8 Å². The molecule has 44 heavy (non-hydrogen) atoms. The minimum Gasteiger partial charge on any atom is -0.508 e. The lowest BCUT2D eigenvalue weighted by Crippen LogP contribution is -2.56. The summed E-state index contributed by atoms with van der Waals surface area (Å²) in [5.74, 6) is -0.966. The van der Waals surface area contributed by atoms with Crippen LogP contribution in [0.4, 0.5) is 9.59 Å². The quantitative estimate of drug-likeness (QED) is 0.101. The van der Waals surface area contributed by atoms with E-state index in [0.29, 0.717) is 17.7 Å². The molecule has 0 unspecified atom stereocenters. The number of hydrogen-bond donors (Lipinski definition) is 7. The number of benzene rings is 2. The molecule has 0 spiro atoms. The van der Waals surface area contributed by atoms with Crippen LogP contribution in [0.1, 0.15) is 37.1 Å². The van der Waals surface area contributed by atoms with Gasteiger partial charge in [-0.1, -0.05) is 56.3 Å². The van der Waals surface area contributed by atoms with Crippen molar-refractivity contribution in [3.63, 3.8) is 0 Å². The smallest absolute Gasteiger partial charge is 0.408 e. The van der Waals surface area contributed by atoms with E-state index < -0.39 is 42.1 Å². The number of carbonyl (C=O) groups is 4. The standard InChI is InChI=1S/C30H38N8O6/c1-19(2)12-23(16-34-38-29(31)42)35-27(40)26(14-22-15-32-18-33-22)36-28(41)25(13-20-8-10-24(39)11-9-20)37-30(43)44-17-21-6-4-3-5-7-21/h3-11,15-16,18-19,23,25-26,39H,12-14,17H2,1-2H3,(H,32,33)(H,35,40)(H,36,41)(H,37,43)(H3,31,38,42)/t23-,25-,26-/m0/s1. The normalized spacial score (nSPS) is 13.1. The first-order chi connectivity index (χ1) is 21.1. The highest BCUT2D eigenvalue weighted by atomic mass is 16.5. The van der Waals surface area contributed by atoms with E-state index >= 15 is 0 Å². The minimum atomic E-state index is -1.13. The second-order valence-electron chi connectivity index (χ2n) is 10.5. The summed E-state index contributed by atoms with van der Waals surface area (Å²) in [5, 5.41) is 21.6. The van der Waals surface area contributed by atoms with E-state index in [1.54, 1.807) is 24.3 Å². The van der Waals surface area contributed by atoms with Crippen molar-refractivity contribution in [3.8, 4) is 5.75 Å². The Hall–Kier alpha value is -5.40. The molecule has 0 aliphatic carbocycles. The summed E-state index contributed by atoms with van der Waals surface area (Å²) in [5.41, 5.74) is 9.18. The topological polar surface area (TPSA) is 213 Å². The molecule has 0 saturated heterocycles. The van der Waals surface area contributed by atoms with E-state index in [1.807, 2.05) is 32.0 Å². The zero-order valence-corrected chi connectivity index (χ0v) is 24.5. The van der Waals surface area contributed by atoms with Gasteiger partial charge in [-0.15, -0.1) is 0 Å². The maximum atomic E-state index is 13.7. The molecule has 5 amide bonds. The van der Waals surface area contributed by atoms with Crippen LogP contribution in [0.2, 0.25) is 0 Å². The van der Waals surface area contributed by atoms with Crippen LogP contribution in [-0.2, 0) is 33.8 Å². The molecule has 3 atom stereocenters. The van der Waals surface area contributed by atoms with Crippen LogP contribution in [-0.4, -0.2) is 63.4 Å². The number of ether oxygens (including phenoxy) is 1. The number of phenolic OH excluding ortho intramolecular Hbond substituents is 1. The van der Waals surface area contributed by atoms with Crippen molar-refractivity contribution in [2.24, 2.45) is 16.8 Å². The molecule has 1 aromatic heterocycles. The van der Waals surface area contributed by atoms with E-state index in [9.17, 15) is 24.3 Å². The van der Waals surface area contributed by atoms with E-state index in [4.69, 9.17) is 10.5 Å². The summed E-state index contributed by atoms with van der Waals surface area (Å²) in [7, 11) is 0. The van der Waals surface area contributed by atoms with Crippen molar-refractivity contribution in [2.45, 2.75) is 57.8 Å². The summed E-state index contributed by atoms with van der Waals surface area (Å²) in [6.45, 7) is 3.90. The number of alkyl carbamates (subject to hydrolysis) is 1. The van der Waals surface area contributed by atoms with E-state index in [1.165, 1.54) is 30.9 Å². The number of nitrogens with two attached hydrogens (primary N) is 1. The molecule has 0 aliphatic heterocycles. The second kappa shape index (κ2) is 16.9. The van der Waals surface area contributed by atoms with Gasteiger partial charge in [0.05, 0.1) is 12.4 Å². The fraction of sp³-hybridized carbons (Fsp3) is 0.333. The van der Waals surface area contributed by atoms with Crippen molar-refractivity contribution in [2.75, 3.05) is 0 Å². The number of nitrogens with one attached hydrogen (secondary N) is 5. The number of rotatable bonds is 15. The number of primary amides is 1. The maximum absolute atomic E-state index is 13.7. The molecular formula is C30H38N8O6. The van der Waals surface area contributed by atoms with Crippen LogP contribution in [0, 0.1) is 5.92 Å². The Labute approximate surface area is 254 Å². The molecule has 3 rings (SSSR count). The Balaban J connectivity index is 1.78. The number of phenols is 1. The van der Waals surface area contributed by atoms with Gasteiger partial charge >= 0.3 is 12.1 Å². The number of urea groups is 1. The molecule has 1 heterocycles. The van der Waals surface area contributed by atoms with Crippen LogP contribution in [0.5, 0.6) is 5.75 Å². The predicted molar refractivity (Wildman–Crippen MR) is 162 cm³/mol. The van der Waals surface area contributed by atoms with Crippen molar-refractivity contribution in [1.29, 1.82) is 0 Å². The zero-order chi connectivity index (χ0) is 31.9. The summed E-state index contributed by atoms with van der Waals surface area (Å²) in [4.78, 5) is 57.9. The van der Waals surface area contributed by atoms with Gasteiger partial charge in [-0.25, -0.2) is 20.0 Å². The molecule has 8 N–H and O–H groups in total. The van der Waals surface area contributed by atoms with Gasteiger partial charge in [0.25, 0.3) is 0 Å². The highest BCUT2D eigenvalue weighted by molar-refractivity contribution is 5.92. The Kier molecular flexibility index (Phi) is 12.7. The number of hydrogen-bond acceptors (Lipinski definition) is 8. The molecule has 14 nitrogen and oxygen atoms in total. The number of H-pyrrole nitrogens is 1. The Bertz CT molecular complexity index is 1380. The van der Waals surface area contributed by atoms with Crippen LogP contribution in [0.15, 0.2) is 72.2 Å². The fourth-order valence-corrected chi connectivity index (χ4v) is 4.22. The van der Waals surface area contributed by atoms with Crippen LogP contribution in [0.25, 0.3) is 0 Å². The summed E-state index contributed by atoms with van der Waals surface area (Å²) in [6.07, 6.45) is 4.11. The van der Waals surface area contributed by atoms with Crippen LogP contribution < -0.4 is 27.1 Å². The molecule has 3 aromatic rings. The number of amides is 5. The van der Waals surface area contributed by atoms with Crippen molar-refractivity contribution in [1.82, 2.24) is 31.3 Å². The number of carbonyl (C=O) groups excluding carboxylic acids is 4. The minimum absolute atomic E-state index is 0.00548. The second-order valence-corrected chi connectivity index (χ2v) is 10.5. The molecule has 0 bridgehead atoms. The van der Waals surface area contributed by atoms with Crippen molar-refractivity contribution < 1.29 is 29.0 Å². The summed E-state index contributed by atoms with van der Waals surface area (Å²) < 4.78 is 5.33. The molecule has 0 aliphatic rings. The van der Waals surface area contributed by atoms with Crippen LogP contribution >= 0.6 is 0 Å². The molecule has 14 heteroatoms. The lowest BCUT2D eigenvalue weighted by atomic mass is 10.0. The number of aromatic amines is 1. The first-order valence-corrected chi connectivity index (χ1v) is 14.0. The lowest BCUT2D eigenvalue weighted by Gasteiger charge is -2.25. The first-order valence-electron chi connectivity index (χ1n) is 14.0. The van der Waals surface area contributed by atoms with E-state index in [-0.39, 0.29) is 31.1 Å². The van der Waals surface area contributed by atoms with Crippen molar-refractivity contribution in [3.05, 3.63) is 83.9 Å². The van der Waals surface area contributed by atoms with Crippen LogP contribution in [0.3, 0.4) is 0 Å². The highest BCUT2D eigenvalue weighted by Gasteiger charge is 2.29. The van der Waals surface area contributed by atoms with Gasteiger partial charge in [0, 0.05) is 30.9 Å². The monoisotopic (exact) mass is 606 g/mol. The van der Waals surface area contributed by atoms with Gasteiger partial charge in [-0.05, 0) is 35.6 Å². The van der Waals surface area contributed by atoms with E-state index in [2.05, 4.69) is 36.4 Å². The number of aromatic hydroxyl groups is 1. The fourth-order valence-electron chi connectivity index (χ4n) is 4.22. The maximum Gasteiger partial charge on any atom is 0.408 e. The third-order valence-electron chi connectivity index (χ3n) is 6.29. The molecule has 0 radical (unpaired) electrons. The molecule has 234 valence electrons. The van der Waals surface area contributed by atoms with Gasteiger partial charge < -0.3 is 36.5 Å². The van der Waals surface area contributed by atoms with E-state index in [0.717, 1.165) is 5.56 Å². The predicted octanol–water partition coefficient (Wildman–Crippen LogP) is 1.87. The lowest BCUT2D eigenvalue weighted by molar-refractivity contribution is -0.130. The third-order valence-corrected chi connectivity index (χ3v) is 6.29. The molecule has 0 fully saturated rings. The number of nitrogens with zero attached hydrogens (tertiary/aromatic N) is 2.